The highest BCUT2D eigenvalue weighted by molar-refractivity contribution is 5.79. The van der Waals surface area contributed by atoms with Gasteiger partial charge in [-0.25, -0.2) is 0 Å². The highest BCUT2D eigenvalue weighted by Gasteiger charge is 2.30. The van der Waals surface area contributed by atoms with Crippen LogP contribution in [-0.2, 0) is 4.79 Å². The molecule has 4 nitrogen and oxygen atoms in total. The van der Waals surface area contributed by atoms with Crippen LogP contribution in [0.15, 0.2) is 0 Å². The van der Waals surface area contributed by atoms with Gasteiger partial charge in [0.25, 0.3) is 0 Å². The van der Waals surface area contributed by atoms with Crippen molar-refractivity contribution in [1.82, 2.24) is 10.2 Å². The molecular formula is C11H19N3O. The molecule has 84 valence electrons. The Balaban J connectivity index is 2.44. The van der Waals surface area contributed by atoms with Gasteiger partial charge in [0.1, 0.15) is 0 Å². The van der Waals surface area contributed by atoms with Crippen molar-refractivity contribution in [3.8, 4) is 6.07 Å². The summed E-state index contributed by atoms with van der Waals surface area (Å²) in [5.74, 6) is 0.762. The molecule has 0 bridgehead atoms. The quantitative estimate of drug-likeness (QED) is 0.721. The molecule has 0 saturated carbocycles. The highest BCUT2D eigenvalue weighted by Crippen LogP contribution is 2.18. The Morgan fingerprint density at radius 3 is 2.73 bits per heavy atom. The standard InChI is InChI=1S/C11H19N3O/c1-3-14(6-4-5-12)11(15)9(2)10-7-13-8-10/h9-10,13H,3-4,6-8H2,1-2H3. The summed E-state index contributed by atoms with van der Waals surface area (Å²) in [7, 11) is 0. The monoisotopic (exact) mass is 209 g/mol. The van der Waals surface area contributed by atoms with Crippen molar-refractivity contribution in [3.05, 3.63) is 0 Å². The lowest BCUT2D eigenvalue weighted by Gasteiger charge is -2.34. The van der Waals surface area contributed by atoms with Crippen LogP contribution in [0, 0.1) is 23.2 Å². The van der Waals surface area contributed by atoms with E-state index in [9.17, 15) is 4.79 Å². The zero-order valence-electron chi connectivity index (χ0n) is 9.49. The molecule has 1 fully saturated rings. The molecule has 4 heteroatoms. The van der Waals surface area contributed by atoms with Crippen molar-refractivity contribution >= 4 is 5.91 Å². The van der Waals surface area contributed by atoms with E-state index >= 15 is 0 Å². The molecule has 1 aliphatic rings. The normalized spacial score (nSPS) is 17.7. The van der Waals surface area contributed by atoms with Gasteiger partial charge < -0.3 is 10.2 Å². The van der Waals surface area contributed by atoms with E-state index in [0.29, 0.717) is 25.4 Å². The summed E-state index contributed by atoms with van der Waals surface area (Å²) < 4.78 is 0. The first-order valence-electron chi connectivity index (χ1n) is 5.57. The third kappa shape index (κ3) is 2.93. The van der Waals surface area contributed by atoms with Gasteiger partial charge >= 0.3 is 0 Å². The van der Waals surface area contributed by atoms with Crippen LogP contribution in [0.1, 0.15) is 20.3 Å². The summed E-state index contributed by atoms with van der Waals surface area (Å²) in [6.07, 6.45) is 0.426. The molecule has 1 amide bonds. The summed E-state index contributed by atoms with van der Waals surface area (Å²) in [5, 5.41) is 11.7. The molecule has 1 unspecified atom stereocenters. The van der Waals surface area contributed by atoms with E-state index in [1.807, 2.05) is 13.8 Å². The van der Waals surface area contributed by atoms with E-state index in [1.165, 1.54) is 0 Å². The number of nitrogens with one attached hydrogen (secondary N) is 1. The molecule has 0 spiro atoms. The molecule has 1 heterocycles. The van der Waals surface area contributed by atoms with E-state index in [-0.39, 0.29) is 11.8 Å². The number of carbonyl (C=O) groups is 1. The summed E-state index contributed by atoms with van der Waals surface area (Å²) in [5.41, 5.74) is 0. The average molecular weight is 209 g/mol. The predicted molar refractivity (Wildman–Crippen MR) is 58.0 cm³/mol. The molecule has 15 heavy (non-hydrogen) atoms. The molecule has 1 atom stereocenters. The smallest absolute Gasteiger partial charge is 0.225 e. The number of nitrogens with zero attached hydrogens (tertiary/aromatic N) is 2. The van der Waals surface area contributed by atoms with Gasteiger partial charge in [0, 0.05) is 19.0 Å². The van der Waals surface area contributed by atoms with Crippen LogP contribution in [0.25, 0.3) is 0 Å². The summed E-state index contributed by atoms with van der Waals surface area (Å²) in [6, 6.07) is 2.08. The maximum atomic E-state index is 12.0. The number of nitriles is 1. The van der Waals surface area contributed by atoms with Gasteiger partial charge in [-0.05, 0) is 25.9 Å². The fraction of sp³-hybridized carbons (Fsp3) is 0.818. The van der Waals surface area contributed by atoms with Gasteiger partial charge in [0.15, 0.2) is 0 Å². The van der Waals surface area contributed by atoms with Crippen molar-refractivity contribution < 1.29 is 4.79 Å². The lowest BCUT2D eigenvalue weighted by Crippen LogP contribution is -2.50. The van der Waals surface area contributed by atoms with Crippen molar-refractivity contribution in [2.24, 2.45) is 11.8 Å². The van der Waals surface area contributed by atoms with Gasteiger partial charge in [-0.3, -0.25) is 4.79 Å². The van der Waals surface area contributed by atoms with Crippen LogP contribution in [0.2, 0.25) is 0 Å². The van der Waals surface area contributed by atoms with Crippen LogP contribution in [0.4, 0.5) is 0 Å². The molecule has 1 N–H and O–H groups in total. The molecule has 0 radical (unpaired) electrons. The zero-order valence-corrected chi connectivity index (χ0v) is 9.49. The maximum absolute atomic E-state index is 12.0. The Labute approximate surface area is 91.2 Å². The topological polar surface area (TPSA) is 56.1 Å². The minimum absolute atomic E-state index is 0.0879. The van der Waals surface area contributed by atoms with E-state index in [0.717, 1.165) is 13.1 Å². The SMILES string of the molecule is CCN(CCC#N)C(=O)C(C)C1CNC1. The fourth-order valence-corrected chi connectivity index (χ4v) is 1.76. The summed E-state index contributed by atoms with van der Waals surface area (Å²) in [6.45, 7) is 7.11. The summed E-state index contributed by atoms with van der Waals surface area (Å²) >= 11 is 0. The van der Waals surface area contributed by atoms with E-state index in [2.05, 4.69) is 11.4 Å². The largest absolute Gasteiger partial charge is 0.342 e. The van der Waals surface area contributed by atoms with Crippen LogP contribution >= 0.6 is 0 Å². The van der Waals surface area contributed by atoms with Crippen LogP contribution in [0.3, 0.4) is 0 Å². The Kier molecular flexibility index (Phi) is 4.57. The minimum Gasteiger partial charge on any atom is -0.342 e. The number of carbonyl (C=O) groups excluding carboxylic acids is 1. The van der Waals surface area contributed by atoms with E-state index in [1.54, 1.807) is 4.90 Å². The Morgan fingerprint density at radius 1 is 1.67 bits per heavy atom. The van der Waals surface area contributed by atoms with Crippen LogP contribution in [-0.4, -0.2) is 37.0 Å². The Morgan fingerprint density at radius 2 is 2.33 bits per heavy atom. The predicted octanol–water partition coefficient (Wildman–Crippen LogP) is 0.604. The van der Waals surface area contributed by atoms with Crippen molar-refractivity contribution in [2.45, 2.75) is 20.3 Å². The lowest BCUT2D eigenvalue weighted by molar-refractivity contribution is -0.137. The minimum atomic E-state index is 0.0879. The molecule has 1 saturated heterocycles. The zero-order chi connectivity index (χ0) is 11.3. The first-order valence-corrected chi connectivity index (χ1v) is 5.57. The number of amides is 1. The number of hydrogen-bond donors (Lipinski definition) is 1. The highest BCUT2D eigenvalue weighted by atomic mass is 16.2. The van der Waals surface area contributed by atoms with E-state index < -0.39 is 0 Å². The third-order valence-corrected chi connectivity index (χ3v) is 3.10. The molecule has 0 aromatic rings. The van der Waals surface area contributed by atoms with Gasteiger partial charge in [-0.15, -0.1) is 0 Å². The van der Waals surface area contributed by atoms with Gasteiger partial charge in [-0.1, -0.05) is 6.92 Å². The average Bonchev–Trinajstić information content (AvgIpc) is 2.16. The second-order valence-corrected chi connectivity index (χ2v) is 4.03. The van der Waals surface area contributed by atoms with Gasteiger partial charge in [0.05, 0.1) is 12.5 Å². The third-order valence-electron chi connectivity index (χ3n) is 3.10. The van der Waals surface area contributed by atoms with Crippen LogP contribution in [0.5, 0.6) is 0 Å². The molecule has 0 aromatic heterocycles. The van der Waals surface area contributed by atoms with Crippen molar-refractivity contribution in [2.75, 3.05) is 26.2 Å². The second kappa shape index (κ2) is 5.72. The van der Waals surface area contributed by atoms with Crippen LogP contribution < -0.4 is 5.32 Å². The molecule has 0 aromatic carbocycles. The first-order chi connectivity index (χ1) is 7.20. The maximum Gasteiger partial charge on any atom is 0.225 e. The van der Waals surface area contributed by atoms with Crippen molar-refractivity contribution in [3.63, 3.8) is 0 Å². The Bertz CT molecular complexity index is 255. The Hall–Kier alpha value is -1.08. The number of rotatable bonds is 5. The second-order valence-electron chi connectivity index (χ2n) is 4.03. The van der Waals surface area contributed by atoms with Crippen molar-refractivity contribution in [1.29, 1.82) is 5.26 Å². The van der Waals surface area contributed by atoms with Gasteiger partial charge in [-0.2, -0.15) is 5.26 Å². The van der Waals surface area contributed by atoms with E-state index in [4.69, 9.17) is 5.26 Å². The molecule has 1 aliphatic heterocycles. The summed E-state index contributed by atoms with van der Waals surface area (Å²) in [4.78, 5) is 13.8. The lowest BCUT2D eigenvalue weighted by atomic mass is 9.88. The molecule has 1 rings (SSSR count). The molecular weight excluding hydrogens is 190 g/mol. The number of hydrogen-bond acceptors (Lipinski definition) is 3. The fourth-order valence-electron chi connectivity index (χ4n) is 1.76. The first kappa shape index (κ1) is 12.0. The molecule has 0 aliphatic carbocycles. The van der Waals surface area contributed by atoms with Gasteiger partial charge in [0.2, 0.25) is 5.91 Å².